The van der Waals surface area contributed by atoms with Gasteiger partial charge in [-0.1, -0.05) is 6.07 Å². The SMILES string of the molecule is O=C(NCC1CCOC1)c1c(O)cccc1O. The minimum atomic E-state index is -0.465. The molecule has 2 rings (SSSR count). The Morgan fingerprint density at radius 3 is 2.71 bits per heavy atom. The van der Waals surface area contributed by atoms with E-state index in [-0.39, 0.29) is 17.1 Å². The lowest BCUT2D eigenvalue weighted by atomic mass is 10.1. The second-order valence-corrected chi connectivity index (χ2v) is 4.11. The van der Waals surface area contributed by atoms with Gasteiger partial charge in [0, 0.05) is 19.1 Å². The first-order valence-corrected chi connectivity index (χ1v) is 5.55. The first kappa shape index (κ1) is 11.7. The predicted octanol–water partition coefficient (Wildman–Crippen LogP) is 0.864. The van der Waals surface area contributed by atoms with E-state index in [0.717, 1.165) is 13.0 Å². The average Bonchev–Trinajstić information content (AvgIpc) is 2.79. The van der Waals surface area contributed by atoms with Gasteiger partial charge >= 0.3 is 0 Å². The molecule has 0 aliphatic carbocycles. The Bertz CT molecular complexity index is 393. The summed E-state index contributed by atoms with van der Waals surface area (Å²) in [6, 6.07) is 4.22. The standard InChI is InChI=1S/C12H15NO4/c14-9-2-1-3-10(15)11(9)12(16)13-6-8-4-5-17-7-8/h1-3,8,14-15H,4-7H2,(H,13,16). The monoisotopic (exact) mass is 237 g/mol. The lowest BCUT2D eigenvalue weighted by Gasteiger charge is -2.11. The number of phenols is 2. The summed E-state index contributed by atoms with van der Waals surface area (Å²) < 4.78 is 5.19. The highest BCUT2D eigenvalue weighted by Gasteiger charge is 2.19. The molecule has 0 bridgehead atoms. The maximum absolute atomic E-state index is 11.8. The number of hydrogen-bond donors (Lipinski definition) is 3. The van der Waals surface area contributed by atoms with E-state index in [1.165, 1.54) is 18.2 Å². The van der Waals surface area contributed by atoms with Crippen molar-refractivity contribution in [1.29, 1.82) is 0 Å². The molecule has 1 aromatic rings. The summed E-state index contributed by atoms with van der Waals surface area (Å²) in [5, 5.41) is 21.7. The third-order valence-corrected chi connectivity index (χ3v) is 2.82. The van der Waals surface area contributed by atoms with Gasteiger partial charge in [-0.2, -0.15) is 0 Å². The fourth-order valence-electron chi connectivity index (χ4n) is 1.83. The zero-order valence-electron chi connectivity index (χ0n) is 9.35. The maximum Gasteiger partial charge on any atom is 0.258 e. The van der Waals surface area contributed by atoms with Crippen molar-refractivity contribution in [3.63, 3.8) is 0 Å². The molecule has 1 saturated heterocycles. The zero-order chi connectivity index (χ0) is 12.3. The van der Waals surface area contributed by atoms with Gasteiger partial charge in [-0.05, 0) is 18.6 Å². The van der Waals surface area contributed by atoms with Crippen LogP contribution in [0.2, 0.25) is 0 Å². The highest BCUT2D eigenvalue weighted by molar-refractivity contribution is 5.99. The van der Waals surface area contributed by atoms with Crippen LogP contribution in [0.15, 0.2) is 18.2 Å². The van der Waals surface area contributed by atoms with Crippen LogP contribution in [0, 0.1) is 5.92 Å². The molecule has 1 amide bonds. The minimum absolute atomic E-state index is 0.0774. The van der Waals surface area contributed by atoms with Gasteiger partial charge in [-0.3, -0.25) is 4.79 Å². The second-order valence-electron chi connectivity index (χ2n) is 4.11. The molecule has 0 spiro atoms. The molecule has 17 heavy (non-hydrogen) atoms. The highest BCUT2D eigenvalue weighted by Crippen LogP contribution is 2.26. The van der Waals surface area contributed by atoms with Crippen molar-refractivity contribution in [2.24, 2.45) is 5.92 Å². The molecule has 1 atom stereocenters. The van der Waals surface area contributed by atoms with Crippen molar-refractivity contribution < 1.29 is 19.7 Å². The Hall–Kier alpha value is -1.75. The summed E-state index contributed by atoms with van der Waals surface area (Å²) in [5.74, 6) is -0.588. The largest absolute Gasteiger partial charge is 0.507 e. The average molecular weight is 237 g/mol. The van der Waals surface area contributed by atoms with Gasteiger partial charge < -0.3 is 20.3 Å². The van der Waals surface area contributed by atoms with E-state index in [1.807, 2.05) is 0 Å². The number of phenolic OH excluding ortho intramolecular Hbond substituents is 2. The number of benzene rings is 1. The van der Waals surface area contributed by atoms with Gasteiger partial charge in [0.2, 0.25) is 0 Å². The van der Waals surface area contributed by atoms with Gasteiger partial charge in [0.05, 0.1) is 6.61 Å². The smallest absolute Gasteiger partial charge is 0.258 e. The summed E-state index contributed by atoms with van der Waals surface area (Å²) in [6.07, 6.45) is 0.924. The summed E-state index contributed by atoms with van der Waals surface area (Å²) in [6.45, 7) is 1.86. The van der Waals surface area contributed by atoms with Crippen LogP contribution < -0.4 is 5.32 Å². The van der Waals surface area contributed by atoms with Crippen molar-refractivity contribution in [2.75, 3.05) is 19.8 Å². The fourth-order valence-corrected chi connectivity index (χ4v) is 1.83. The van der Waals surface area contributed by atoms with Gasteiger partial charge in [-0.25, -0.2) is 0 Å². The van der Waals surface area contributed by atoms with Crippen LogP contribution in [0.5, 0.6) is 11.5 Å². The molecule has 1 aliphatic rings. The summed E-state index contributed by atoms with van der Waals surface area (Å²) in [7, 11) is 0. The van der Waals surface area contributed by atoms with Crippen LogP contribution in [0.4, 0.5) is 0 Å². The molecule has 0 saturated carbocycles. The van der Waals surface area contributed by atoms with Crippen molar-refractivity contribution in [1.82, 2.24) is 5.32 Å². The molecule has 3 N–H and O–H groups in total. The Labute approximate surface area is 99.0 Å². The number of carbonyl (C=O) groups is 1. The van der Waals surface area contributed by atoms with Crippen LogP contribution in [0.25, 0.3) is 0 Å². The van der Waals surface area contributed by atoms with E-state index < -0.39 is 5.91 Å². The zero-order valence-corrected chi connectivity index (χ0v) is 9.35. The molecular weight excluding hydrogens is 222 g/mol. The second kappa shape index (κ2) is 5.05. The van der Waals surface area contributed by atoms with E-state index in [1.54, 1.807) is 0 Å². The third-order valence-electron chi connectivity index (χ3n) is 2.82. The van der Waals surface area contributed by atoms with Crippen molar-refractivity contribution in [3.8, 4) is 11.5 Å². The van der Waals surface area contributed by atoms with E-state index in [2.05, 4.69) is 5.32 Å². The lowest BCUT2D eigenvalue weighted by molar-refractivity contribution is 0.0939. The maximum atomic E-state index is 11.8. The fraction of sp³-hybridized carbons (Fsp3) is 0.417. The topological polar surface area (TPSA) is 78.8 Å². The molecule has 1 fully saturated rings. The Kier molecular flexibility index (Phi) is 3.49. The first-order valence-electron chi connectivity index (χ1n) is 5.55. The van der Waals surface area contributed by atoms with E-state index in [4.69, 9.17) is 4.74 Å². The van der Waals surface area contributed by atoms with E-state index >= 15 is 0 Å². The highest BCUT2D eigenvalue weighted by atomic mass is 16.5. The molecule has 1 aromatic carbocycles. The molecule has 92 valence electrons. The van der Waals surface area contributed by atoms with Crippen LogP contribution in [0.1, 0.15) is 16.8 Å². The first-order chi connectivity index (χ1) is 8.18. The number of amides is 1. The number of nitrogens with one attached hydrogen (secondary N) is 1. The number of aromatic hydroxyl groups is 2. The third kappa shape index (κ3) is 2.68. The number of rotatable bonds is 3. The van der Waals surface area contributed by atoms with Gasteiger partial charge in [0.1, 0.15) is 17.1 Å². The normalized spacial score (nSPS) is 19.2. The molecule has 1 heterocycles. The van der Waals surface area contributed by atoms with Crippen molar-refractivity contribution in [3.05, 3.63) is 23.8 Å². The van der Waals surface area contributed by atoms with Crippen LogP contribution >= 0.6 is 0 Å². The molecule has 0 radical (unpaired) electrons. The lowest BCUT2D eigenvalue weighted by Crippen LogP contribution is -2.29. The summed E-state index contributed by atoms with van der Waals surface area (Å²) in [5.41, 5.74) is -0.0774. The summed E-state index contributed by atoms with van der Waals surface area (Å²) in [4.78, 5) is 11.8. The Morgan fingerprint density at radius 1 is 1.41 bits per heavy atom. The number of hydrogen-bond acceptors (Lipinski definition) is 4. The molecule has 5 nitrogen and oxygen atoms in total. The molecule has 1 aliphatic heterocycles. The van der Waals surface area contributed by atoms with Gasteiger partial charge in [0.15, 0.2) is 0 Å². The molecule has 5 heteroatoms. The molecular formula is C12H15NO4. The van der Waals surface area contributed by atoms with Crippen LogP contribution in [0.3, 0.4) is 0 Å². The van der Waals surface area contributed by atoms with Crippen LogP contribution in [-0.2, 0) is 4.74 Å². The Balaban J connectivity index is 1.99. The van der Waals surface area contributed by atoms with E-state index in [9.17, 15) is 15.0 Å². The van der Waals surface area contributed by atoms with Crippen molar-refractivity contribution >= 4 is 5.91 Å². The van der Waals surface area contributed by atoms with Gasteiger partial charge in [-0.15, -0.1) is 0 Å². The molecule has 0 aromatic heterocycles. The molecule has 1 unspecified atom stereocenters. The minimum Gasteiger partial charge on any atom is -0.507 e. The van der Waals surface area contributed by atoms with Crippen molar-refractivity contribution in [2.45, 2.75) is 6.42 Å². The quantitative estimate of drug-likeness (QED) is 0.728. The van der Waals surface area contributed by atoms with E-state index in [0.29, 0.717) is 19.1 Å². The number of ether oxygens (including phenoxy) is 1. The summed E-state index contributed by atoms with van der Waals surface area (Å²) >= 11 is 0. The van der Waals surface area contributed by atoms with Gasteiger partial charge in [0.25, 0.3) is 5.91 Å². The number of carbonyl (C=O) groups excluding carboxylic acids is 1. The van der Waals surface area contributed by atoms with Crippen LogP contribution in [-0.4, -0.2) is 35.9 Å². The Morgan fingerprint density at radius 2 is 2.12 bits per heavy atom. The predicted molar refractivity (Wildman–Crippen MR) is 61.0 cm³/mol.